The fourth-order valence-corrected chi connectivity index (χ4v) is 4.84. The Kier molecular flexibility index (Phi) is 4.03. The van der Waals surface area contributed by atoms with Crippen LogP contribution in [0.1, 0.15) is 11.4 Å². The van der Waals surface area contributed by atoms with Crippen LogP contribution in [0.15, 0.2) is 66.9 Å². The molecule has 0 unspecified atom stereocenters. The maximum atomic E-state index is 11.6. The minimum Gasteiger partial charge on any atom is -0.515 e. The second-order valence-electron chi connectivity index (χ2n) is 6.59. The lowest BCUT2D eigenvalue weighted by molar-refractivity contribution is -0.103. The number of para-hydroxylation sites is 2. The Bertz CT molecular complexity index is 1380. The molecule has 0 saturated heterocycles. The first-order chi connectivity index (χ1) is 14.2. The molecule has 2 aromatic carbocycles. The standard InChI is InChI=1S/C22H16N4O2S/c1-14-18-19-20(15(12-27)13-28)24-26(17-10-6-3-7-11-17)22(19)29-21(18)25(23-14)16-8-4-2-5-9-16/h2-13,27H,1H3/b15-12-. The highest BCUT2D eigenvalue weighted by atomic mass is 32.1. The maximum absolute atomic E-state index is 11.6. The van der Waals surface area contributed by atoms with E-state index in [1.165, 1.54) is 0 Å². The van der Waals surface area contributed by atoms with E-state index in [1.807, 2.05) is 77.0 Å². The molecule has 0 bridgehead atoms. The lowest BCUT2D eigenvalue weighted by Gasteiger charge is -2.02. The largest absolute Gasteiger partial charge is 0.515 e. The first kappa shape index (κ1) is 17.4. The van der Waals surface area contributed by atoms with Crippen LogP contribution in [0.4, 0.5) is 0 Å². The van der Waals surface area contributed by atoms with E-state index in [2.05, 4.69) is 5.10 Å². The number of carbonyl (C=O) groups excluding carboxylic acids is 1. The third-order valence-corrected chi connectivity index (χ3v) is 5.99. The molecule has 0 saturated carbocycles. The van der Waals surface area contributed by atoms with Crippen LogP contribution in [0, 0.1) is 6.92 Å². The summed E-state index contributed by atoms with van der Waals surface area (Å²) < 4.78 is 3.73. The number of aliphatic hydroxyl groups is 1. The summed E-state index contributed by atoms with van der Waals surface area (Å²) in [6.45, 7) is 1.95. The quantitative estimate of drug-likeness (QED) is 0.266. The lowest BCUT2D eigenvalue weighted by Crippen LogP contribution is -1.97. The Morgan fingerprint density at radius 2 is 1.45 bits per heavy atom. The van der Waals surface area contributed by atoms with Gasteiger partial charge in [-0.1, -0.05) is 47.7 Å². The van der Waals surface area contributed by atoms with Crippen molar-refractivity contribution in [3.05, 3.63) is 78.3 Å². The molecular formula is C22H16N4O2S. The normalized spacial score (nSPS) is 12.1. The van der Waals surface area contributed by atoms with Crippen molar-refractivity contribution in [2.45, 2.75) is 6.92 Å². The van der Waals surface area contributed by atoms with E-state index in [4.69, 9.17) is 5.10 Å². The van der Waals surface area contributed by atoms with Gasteiger partial charge in [-0.25, -0.2) is 9.36 Å². The number of benzene rings is 2. The van der Waals surface area contributed by atoms with E-state index in [0.717, 1.165) is 43.8 Å². The van der Waals surface area contributed by atoms with Crippen molar-refractivity contribution >= 4 is 43.6 Å². The van der Waals surface area contributed by atoms with Crippen LogP contribution in [0.25, 0.3) is 37.4 Å². The predicted octanol–water partition coefficient (Wildman–Crippen LogP) is 4.83. The number of aliphatic hydroxyl groups excluding tert-OH is 1. The van der Waals surface area contributed by atoms with Gasteiger partial charge in [-0.05, 0) is 31.2 Å². The molecule has 29 heavy (non-hydrogen) atoms. The van der Waals surface area contributed by atoms with Gasteiger partial charge in [0.25, 0.3) is 0 Å². The van der Waals surface area contributed by atoms with Crippen molar-refractivity contribution in [2.24, 2.45) is 0 Å². The summed E-state index contributed by atoms with van der Waals surface area (Å²) in [4.78, 5) is 13.5. The third kappa shape index (κ3) is 2.59. The molecule has 0 atom stereocenters. The van der Waals surface area contributed by atoms with E-state index in [1.54, 1.807) is 11.3 Å². The maximum Gasteiger partial charge on any atom is 0.155 e. The van der Waals surface area contributed by atoms with E-state index in [-0.39, 0.29) is 5.57 Å². The Morgan fingerprint density at radius 3 is 2.00 bits per heavy atom. The summed E-state index contributed by atoms with van der Waals surface area (Å²) in [6.07, 6.45) is 1.43. The van der Waals surface area contributed by atoms with Gasteiger partial charge in [0.1, 0.15) is 15.4 Å². The molecule has 0 aliphatic carbocycles. The number of aldehydes is 1. The summed E-state index contributed by atoms with van der Waals surface area (Å²) >= 11 is 1.56. The van der Waals surface area contributed by atoms with Gasteiger partial charge in [0, 0.05) is 5.39 Å². The zero-order chi connectivity index (χ0) is 20.0. The summed E-state index contributed by atoms with van der Waals surface area (Å²) in [7, 11) is 0. The summed E-state index contributed by atoms with van der Waals surface area (Å²) in [5, 5.41) is 20.8. The number of allylic oxidation sites excluding steroid dienone is 1. The van der Waals surface area contributed by atoms with Crippen molar-refractivity contribution in [3.63, 3.8) is 0 Å². The fourth-order valence-electron chi connectivity index (χ4n) is 3.54. The summed E-state index contributed by atoms with van der Waals surface area (Å²) in [5.41, 5.74) is 3.27. The zero-order valence-corrected chi connectivity index (χ0v) is 16.3. The number of nitrogens with zero attached hydrogens (tertiary/aromatic N) is 4. The Morgan fingerprint density at radius 1 is 0.897 bits per heavy atom. The fraction of sp³-hybridized carbons (Fsp3) is 0.0455. The Labute approximate surface area is 169 Å². The van der Waals surface area contributed by atoms with Crippen molar-refractivity contribution in [1.29, 1.82) is 0 Å². The molecule has 3 heterocycles. The molecule has 142 valence electrons. The van der Waals surface area contributed by atoms with Gasteiger partial charge < -0.3 is 5.11 Å². The highest BCUT2D eigenvalue weighted by molar-refractivity contribution is 7.25. The molecule has 3 aromatic heterocycles. The molecule has 0 spiro atoms. The van der Waals surface area contributed by atoms with Crippen LogP contribution in [-0.2, 0) is 4.79 Å². The molecule has 1 N–H and O–H groups in total. The van der Waals surface area contributed by atoms with Crippen LogP contribution < -0.4 is 0 Å². The molecular weight excluding hydrogens is 384 g/mol. The molecule has 0 radical (unpaired) electrons. The topological polar surface area (TPSA) is 72.9 Å². The molecule has 0 aliphatic heterocycles. The Balaban J connectivity index is 1.91. The highest BCUT2D eigenvalue weighted by Crippen LogP contribution is 2.41. The first-order valence-electron chi connectivity index (χ1n) is 9.04. The SMILES string of the molecule is Cc1nn(-c2ccccc2)c2sc3c(c(/C(C=O)=C\O)nn3-c3ccccc3)c12. The zero-order valence-electron chi connectivity index (χ0n) is 15.5. The summed E-state index contributed by atoms with van der Waals surface area (Å²) in [6, 6.07) is 19.7. The van der Waals surface area contributed by atoms with Crippen molar-refractivity contribution < 1.29 is 9.90 Å². The molecule has 0 aliphatic rings. The minimum atomic E-state index is 0.135. The molecule has 6 nitrogen and oxygen atoms in total. The van der Waals surface area contributed by atoms with Gasteiger partial charge >= 0.3 is 0 Å². The molecule has 0 fully saturated rings. The average Bonchev–Trinajstić information content (AvgIpc) is 3.41. The highest BCUT2D eigenvalue weighted by Gasteiger charge is 2.25. The van der Waals surface area contributed by atoms with Crippen LogP contribution in [0.3, 0.4) is 0 Å². The minimum absolute atomic E-state index is 0.135. The summed E-state index contributed by atoms with van der Waals surface area (Å²) in [5.74, 6) is 0. The molecule has 0 amide bonds. The van der Waals surface area contributed by atoms with Crippen molar-refractivity contribution in [3.8, 4) is 11.4 Å². The van der Waals surface area contributed by atoms with Crippen molar-refractivity contribution in [2.75, 3.05) is 0 Å². The number of hydrogen-bond acceptors (Lipinski definition) is 5. The van der Waals surface area contributed by atoms with Gasteiger partial charge in [-0.15, -0.1) is 0 Å². The van der Waals surface area contributed by atoms with Crippen LogP contribution in [-0.4, -0.2) is 31.0 Å². The van der Waals surface area contributed by atoms with Gasteiger partial charge in [-0.2, -0.15) is 10.2 Å². The molecule has 7 heteroatoms. The monoisotopic (exact) mass is 400 g/mol. The van der Waals surface area contributed by atoms with E-state index >= 15 is 0 Å². The van der Waals surface area contributed by atoms with Crippen LogP contribution >= 0.6 is 11.3 Å². The lowest BCUT2D eigenvalue weighted by atomic mass is 10.1. The number of carbonyl (C=O) groups is 1. The van der Waals surface area contributed by atoms with Crippen molar-refractivity contribution in [1.82, 2.24) is 19.6 Å². The smallest absolute Gasteiger partial charge is 0.155 e. The second-order valence-corrected chi connectivity index (χ2v) is 7.57. The van der Waals surface area contributed by atoms with Gasteiger partial charge in [0.2, 0.25) is 0 Å². The third-order valence-electron chi connectivity index (χ3n) is 4.85. The van der Waals surface area contributed by atoms with Gasteiger partial charge in [-0.3, -0.25) is 4.79 Å². The van der Waals surface area contributed by atoms with Gasteiger partial charge in [0.05, 0.1) is 34.3 Å². The average molecular weight is 400 g/mol. The van der Waals surface area contributed by atoms with Crippen LogP contribution in [0.2, 0.25) is 0 Å². The number of fused-ring (bicyclic) bond motifs is 3. The predicted molar refractivity (Wildman–Crippen MR) is 115 cm³/mol. The number of aryl methyl sites for hydroxylation is 1. The number of hydrogen-bond donors (Lipinski definition) is 1. The van der Waals surface area contributed by atoms with E-state index in [0.29, 0.717) is 12.0 Å². The first-order valence-corrected chi connectivity index (χ1v) is 9.86. The second kappa shape index (κ2) is 6.72. The Hall–Kier alpha value is -3.71. The van der Waals surface area contributed by atoms with E-state index in [9.17, 15) is 9.90 Å². The number of rotatable bonds is 4. The van der Waals surface area contributed by atoms with E-state index < -0.39 is 0 Å². The van der Waals surface area contributed by atoms with Crippen LogP contribution in [0.5, 0.6) is 0 Å². The molecule has 5 aromatic rings. The number of thiophene rings is 1. The number of aromatic nitrogens is 4. The van der Waals surface area contributed by atoms with Gasteiger partial charge in [0.15, 0.2) is 6.29 Å². The molecule has 5 rings (SSSR count).